The predicted molar refractivity (Wildman–Crippen MR) is 74.0 cm³/mol. The molecule has 2 rings (SSSR count). The summed E-state index contributed by atoms with van der Waals surface area (Å²) in [7, 11) is 0. The van der Waals surface area contributed by atoms with Crippen molar-refractivity contribution >= 4 is 11.8 Å². The fourth-order valence-electron chi connectivity index (χ4n) is 1.86. The molecule has 21 heavy (non-hydrogen) atoms. The highest BCUT2D eigenvalue weighted by Crippen LogP contribution is 2.24. The van der Waals surface area contributed by atoms with E-state index in [1.54, 1.807) is 18.2 Å². The first-order valence-corrected chi connectivity index (χ1v) is 6.09. The number of hydrogen-bond donors (Lipinski definition) is 2. The number of ether oxygens (including phenoxy) is 1. The van der Waals surface area contributed by atoms with E-state index in [1.165, 1.54) is 30.3 Å². The molecule has 0 bridgehead atoms. The van der Waals surface area contributed by atoms with E-state index < -0.39 is 23.5 Å². The lowest BCUT2D eigenvalue weighted by atomic mass is 9.98. The van der Waals surface area contributed by atoms with E-state index >= 15 is 0 Å². The zero-order valence-electron chi connectivity index (χ0n) is 11.0. The molecular weight excluding hydrogens is 275 g/mol. The summed E-state index contributed by atoms with van der Waals surface area (Å²) in [4.78, 5) is 22.4. The molecule has 4 N–H and O–H groups in total. The third-order valence-corrected chi connectivity index (χ3v) is 2.81. The summed E-state index contributed by atoms with van der Waals surface area (Å²) in [6.07, 6.45) is 0. The summed E-state index contributed by atoms with van der Waals surface area (Å²) in [5, 5.41) is 0. The molecule has 0 fully saturated rings. The highest BCUT2D eigenvalue weighted by atomic mass is 19.1. The van der Waals surface area contributed by atoms with Gasteiger partial charge in [-0.15, -0.1) is 0 Å². The van der Waals surface area contributed by atoms with Crippen LogP contribution in [0.2, 0.25) is 0 Å². The molecule has 0 aliphatic heterocycles. The first-order chi connectivity index (χ1) is 9.97. The number of benzene rings is 2. The second kappa shape index (κ2) is 6.04. The van der Waals surface area contributed by atoms with E-state index in [2.05, 4.69) is 0 Å². The largest absolute Gasteiger partial charge is 0.457 e. The Hall–Kier alpha value is -2.89. The van der Waals surface area contributed by atoms with Crippen molar-refractivity contribution in [3.63, 3.8) is 0 Å². The fourth-order valence-corrected chi connectivity index (χ4v) is 1.86. The fraction of sp³-hybridized carbons (Fsp3) is 0.0667. The summed E-state index contributed by atoms with van der Waals surface area (Å²) < 4.78 is 18.5. The van der Waals surface area contributed by atoms with Gasteiger partial charge in [0, 0.05) is 6.07 Å². The Balaban J connectivity index is 2.19. The Morgan fingerprint density at radius 2 is 1.57 bits per heavy atom. The molecule has 0 saturated heterocycles. The van der Waals surface area contributed by atoms with Crippen LogP contribution in [0.1, 0.15) is 11.5 Å². The van der Waals surface area contributed by atoms with Crippen molar-refractivity contribution in [2.45, 2.75) is 5.92 Å². The maximum atomic E-state index is 13.0. The standard InChI is InChI=1S/C15H13FN2O3/c16-10-2-1-3-12(8-10)21-11-6-4-9(5-7-11)13(14(17)19)15(18)20/h1-8,13H,(H2,17,19)(H2,18,20). The van der Waals surface area contributed by atoms with Gasteiger partial charge in [-0.3, -0.25) is 9.59 Å². The second-order valence-corrected chi connectivity index (χ2v) is 4.37. The Labute approximate surface area is 120 Å². The number of carbonyl (C=O) groups is 2. The van der Waals surface area contributed by atoms with Crippen molar-refractivity contribution in [3.8, 4) is 11.5 Å². The van der Waals surface area contributed by atoms with Crippen LogP contribution >= 0.6 is 0 Å². The molecule has 0 aromatic heterocycles. The predicted octanol–water partition coefficient (Wildman–Crippen LogP) is 1.67. The highest BCUT2D eigenvalue weighted by molar-refractivity contribution is 6.04. The van der Waals surface area contributed by atoms with E-state index in [-0.39, 0.29) is 0 Å². The van der Waals surface area contributed by atoms with Crippen LogP contribution in [0.3, 0.4) is 0 Å². The van der Waals surface area contributed by atoms with Crippen molar-refractivity contribution < 1.29 is 18.7 Å². The molecule has 2 aromatic carbocycles. The van der Waals surface area contributed by atoms with Gasteiger partial charge in [-0.05, 0) is 29.8 Å². The molecule has 0 heterocycles. The summed E-state index contributed by atoms with van der Waals surface area (Å²) >= 11 is 0. The lowest BCUT2D eigenvalue weighted by molar-refractivity contribution is -0.128. The van der Waals surface area contributed by atoms with Gasteiger partial charge in [-0.1, -0.05) is 18.2 Å². The van der Waals surface area contributed by atoms with Gasteiger partial charge in [0.1, 0.15) is 23.2 Å². The summed E-state index contributed by atoms with van der Waals surface area (Å²) in [6.45, 7) is 0. The van der Waals surface area contributed by atoms with Gasteiger partial charge in [0.2, 0.25) is 11.8 Å². The number of amides is 2. The first-order valence-electron chi connectivity index (χ1n) is 6.09. The average Bonchev–Trinajstić information content (AvgIpc) is 2.40. The smallest absolute Gasteiger partial charge is 0.234 e. The zero-order valence-corrected chi connectivity index (χ0v) is 11.0. The third kappa shape index (κ3) is 3.56. The van der Waals surface area contributed by atoms with Gasteiger partial charge in [-0.2, -0.15) is 0 Å². The van der Waals surface area contributed by atoms with E-state index in [1.807, 2.05) is 0 Å². The minimum absolute atomic E-state index is 0.337. The minimum Gasteiger partial charge on any atom is -0.457 e. The van der Waals surface area contributed by atoms with Crippen molar-refractivity contribution in [1.29, 1.82) is 0 Å². The zero-order chi connectivity index (χ0) is 15.4. The number of rotatable bonds is 5. The van der Waals surface area contributed by atoms with Crippen LogP contribution in [0, 0.1) is 5.82 Å². The molecule has 0 aliphatic carbocycles. The van der Waals surface area contributed by atoms with Crippen molar-refractivity contribution in [3.05, 3.63) is 59.9 Å². The normalized spacial score (nSPS) is 10.4. The number of hydrogen-bond acceptors (Lipinski definition) is 3. The van der Waals surface area contributed by atoms with Gasteiger partial charge in [0.25, 0.3) is 0 Å². The van der Waals surface area contributed by atoms with Crippen LogP contribution in [-0.4, -0.2) is 11.8 Å². The van der Waals surface area contributed by atoms with Gasteiger partial charge in [-0.25, -0.2) is 4.39 Å². The van der Waals surface area contributed by atoms with Gasteiger partial charge < -0.3 is 16.2 Å². The summed E-state index contributed by atoms with van der Waals surface area (Å²) in [5.41, 5.74) is 10.6. The molecule has 5 nitrogen and oxygen atoms in total. The monoisotopic (exact) mass is 288 g/mol. The highest BCUT2D eigenvalue weighted by Gasteiger charge is 2.23. The van der Waals surface area contributed by atoms with Crippen LogP contribution < -0.4 is 16.2 Å². The van der Waals surface area contributed by atoms with Crippen molar-refractivity contribution in [1.82, 2.24) is 0 Å². The van der Waals surface area contributed by atoms with Gasteiger partial charge in [0.15, 0.2) is 0 Å². The van der Waals surface area contributed by atoms with Crippen LogP contribution in [0.25, 0.3) is 0 Å². The second-order valence-electron chi connectivity index (χ2n) is 4.37. The van der Waals surface area contributed by atoms with Crippen LogP contribution in [0.4, 0.5) is 4.39 Å². The van der Waals surface area contributed by atoms with E-state index in [0.29, 0.717) is 17.1 Å². The van der Waals surface area contributed by atoms with Crippen LogP contribution in [0.5, 0.6) is 11.5 Å². The quantitative estimate of drug-likeness (QED) is 0.819. The molecule has 2 aromatic rings. The molecule has 0 unspecified atom stereocenters. The van der Waals surface area contributed by atoms with Gasteiger partial charge in [0.05, 0.1) is 0 Å². The maximum Gasteiger partial charge on any atom is 0.234 e. The lowest BCUT2D eigenvalue weighted by Crippen LogP contribution is -2.32. The molecule has 108 valence electrons. The molecule has 0 spiro atoms. The number of halogens is 1. The van der Waals surface area contributed by atoms with E-state index in [0.717, 1.165) is 0 Å². The SMILES string of the molecule is NC(=O)C(C(N)=O)c1ccc(Oc2cccc(F)c2)cc1. The van der Waals surface area contributed by atoms with Crippen LogP contribution in [0.15, 0.2) is 48.5 Å². The third-order valence-electron chi connectivity index (χ3n) is 2.81. The van der Waals surface area contributed by atoms with Crippen LogP contribution in [-0.2, 0) is 9.59 Å². The molecule has 0 saturated carbocycles. The summed E-state index contributed by atoms with van der Waals surface area (Å²) in [5.74, 6) is -2.47. The molecule has 0 aliphatic rings. The number of nitrogens with two attached hydrogens (primary N) is 2. The first kappa shape index (κ1) is 14.5. The molecule has 0 radical (unpaired) electrons. The van der Waals surface area contributed by atoms with Crippen molar-refractivity contribution in [2.75, 3.05) is 0 Å². The minimum atomic E-state index is -1.19. The van der Waals surface area contributed by atoms with Crippen molar-refractivity contribution in [2.24, 2.45) is 11.5 Å². The molecule has 2 amide bonds. The molecule has 6 heteroatoms. The Morgan fingerprint density at radius 3 is 2.10 bits per heavy atom. The topological polar surface area (TPSA) is 95.4 Å². The lowest BCUT2D eigenvalue weighted by Gasteiger charge is -2.11. The average molecular weight is 288 g/mol. The van der Waals surface area contributed by atoms with Gasteiger partial charge >= 0.3 is 0 Å². The Bertz CT molecular complexity index is 657. The Kier molecular flexibility index (Phi) is 4.18. The Morgan fingerprint density at radius 1 is 0.952 bits per heavy atom. The molecule has 0 atom stereocenters. The molecular formula is C15H13FN2O3. The number of primary amides is 2. The van der Waals surface area contributed by atoms with E-state index in [9.17, 15) is 14.0 Å². The van der Waals surface area contributed by atoms with E-state index in [4.69, 9.17) is 16.2 Å². The maximum absolute atomic E-state index is 13.0. The summed E-state index contributed by atoms with van der Waals surface area (Å²) in [6, 6.07) is 11.8. The number of carbonyl (C=O) groups excluding carboxylic acids is 2.